The van der Waals surface area contributed by atoms with Crippen molar-refractivity contribution in [3.05, 3.63) is 29.8 Å². The smallest absolute Gasteiger partial charge is 0.303 e. The quantitative estimate of drug-likeness (QED) is 0.0212. The van der Waals surface area contributed by atoms with Crippen LogP contribution in [-0.2, 0) is 59.2 Å². The van der Waals surface area contributed by atoms with E-state index in [1.165, 1.54) is 31.2 Å². The van der Waals surface area contributed by atoms with Gasteiger partial charge in [-0.05, 0) is 87.3 Å². The molecular weight excluding hydrogens is 971 g/mol. The van der Waals surface area contributed by atoms with Crippen molar-refractivity contribution in [2.24, 2.45) is 39.9 Å². The average Bonchev–Trinajstić information content (AvgIpc) is 3.31. The molecular formula is C48H77N11O15. The van der Waals surface area contributed by atoms with Gasteiger partial charge in [-0.25, -0.2) is 0 Å². The number of nitrogens with one attached hydrogen (secondary N) is 7. The monoisotopic (exact) mass is 1050 g/mol. The zero-order valence-corrected chi connectivity index (χ0v) is 43.1. The maximum absolute atomic E-state index is 14.2. The Balaban J connectivity index is 3.54. The summed E-state index contributed by atoms with van der Waals surface area (Å²) in [5.41, 5.74) is 17.5. The van der Waals surface area contributed by atoms with Crippen molar-refractivity contribution in [1.29, 1.82) is 0 Å². The lowest BCUT2D eigenvalue weighted by atomic mass is 9.96. The number of hydrogen-bond acceptors (Lipinski definition) is 14. The van der Waals surface area contributed by atoms with Crippen molar-refractivity contribution in [3.63, 3.8) is 0 Å². The molecule has 414 valence electrons. The average molecular weight is 1050 g/mol. The number of guanidine groups is 1. The molecule has 1 aromatic rings. The largest absolute Gasteiger partial charge is 0.508 e. The van der Waals surface area contributed by atoms with E-state index in [-0.39, 0.29) is 55.6 Å². The van der Waals surface area contributed by atoms with Gasteiger partial charge in [-0.1, -0.05) is 60.1 Å². The zero-order valence-electron chi connectivity index (χ0n) is 43.1. The highest BCUT2D eigenvalue weighted by molar-refractivity contribution is 5.98. The topological polar surface area (TPSA) is 443 Å². The molecule has 1 aromatic carbocycles. The number of aliphatic imine (C=N–C) groups is 1. The minimum atomic E-state index is -1.78. The Morgan fingerprint density at radius 3 is 1.35 bits per heavy atom. The molecule has 0 spiro atoms. The molecule has 0 fully saturated rings. The Morgan fingerprint density at radius 2 is 0.946 bits per heavy atom. The summed E-state index contributed by atoms with van der Waals surface area (Å²) in [4.78, 5) is 148. The number of phenolic OH excluding ortho intramolecular Hbond substituents is 1. The normalized spacial score (nSPS) is 14.7. The van der Waals surface area contributed by atoms with E-state index < -0.39 is 158 Å². The molecule has 9 atom stereocenters. The van der Waals surface area contributed by atoms with Crippen LogP contribution >= 0.6 is 0 Å². The molecule has 0 bridgehead atoms. The Kier molecular flexibility index (Phi) is 28.5. The number of benzene rings is 1. The number of aliphatic carboxylic acids is 3. The number of nitrogens with zero attached hydrogens (tertiary/aromatic N) is 1. The van der Waals surface area contributed by atoms with E-state index in [1.54, 1.807) is 27.7 Å². The number of phenols is 1. The Labute approximate surface area is 429 Å². The number of carboxylic acid groups (broad SMARTS) is 3. The Morgan fingerprint density at radius 1 is 0.554 bits per heavy atom. The molecule has 0 saturated carbocycles. The molecule has 0 aliphatic heterocycles. The summed E-state index contributed by atoms with van der Waals surface area (Å²) in [7, 11) is 0. The maximum atomic E-state index is 14.2. The molecule has 74 heavy (non-hydrogen) atoms. The molecule has 0 aliphatic rings. The summed E-state index contributed by atoms with van der Waals surface area (Å²) < 4.78 is 0. The lowest BCUT2D eigenvalue weighted by Crippen LogP contribution is -2.61. The van der Waals surface area contributed by atoms with Crippen molar-refractivity contribution in [1.82, 2.24) is 37.2 Å². The van der Waals surface area contributed by atoms with Gasteiger partial charge in [-0.3, -0.25) is 57.7 Å². The lowest BCUT2D eigenvalue weighted by Gasteiger charge is -2.30. The summed E-state index contributed by atoms with van der Waals surface area (Å²) in [6.45, 7) is 11.7. The van der Waals surface area contributed by atoms with Gasteiger partial charge >= 0.3 is 17.9 Å². The predicted octanol–water partition coefficient (Wildman–Crippen LogP) is -1.36. The number of amides is 7. The summed E-state index contributed by atoms with van der Waals surface area (Å²) >= 11 is 0. The van der Waals surface area contributed by atoms with Crippen molar-refractivity contribution < 1.29 is 73.2 Å². The minimum Gasteiger partial charge on any atom is -0.508 e. The SMILES string of the molecule is CCC(C)C(NC(=O)C(CCC(=O)O)NC(=O)C(CCC(=O)O)NC(=O)C(CCC(=O)O)NC(=O)C(N)Cc1ccc(O)cc1)C(=O)NC(CCCN=C(N)N)C(=O)NC(C(=O)NC(CC(C)C)C(C)=O)C(C)C. The third-order valence-electron chi connectivity index (χ3n) is 11.7. The predicted molar refractivity (Wildman–Crippen MR) is 268 cm³/mol. The summed E-state index contributed by atoms with van der Waals surface area (Å²) in [6.07, 6.45) is -3.24. The van der Waals surface area contributed by atoms with E-state index in [0.29, 0.717) is 12.0 Å². The molecule has 0 aromatic heterocycles. The van der Waals surface area contributed by atoms with Gasteiger partial charge in [0.25, 0.3) is 0 Å². The highest BCUT2D eigenvalue weighted by Gasteiger charge is 2.36. The summed E-state index contributed by atoms with van der Waals surface area (Å²) in [6, 6.07) is -5.54. The van der Waals surface area contributed by atoms with Crippen LogP contribution < -0.4 is 54.4 Å². The number of nitrogens with two attached hydrogens (primary N) is 3. The van der Waals surface area contributed by atoms with Crippen LogP contribution in [0, 0.1) is 17.8 Å². The van der Waals surface area contributed by atoms with Gasteiger partial charge in [0.15, 0.2) is 11.7 Å². The molecule has 0 saturated heterocycles. The van der Waals surface area contributed by atoms with Crippen molar-refractivity contribution >= 4 is 71.0 Å². The highest BCUT2D eigenvalue weighted by atomic mass is 16.4. The van der Waals surface area contributed by atoms with Gasteiger partial charge in [0, 0.05) is 25.8 Å². The van der Waals surface area contributed by atoms with E-state index in [1.807, 2.05) is 13.8 Å². The fraction of sp³-hybridized carbons (Fsp3) is 0.625. The third-order valence-corrected chi connectivity index (χ3v) is 11.7. The second kappa shape index (κ2) is 32.6. The number of rotatable bonds is 35. The summed E-state index contributed by atoms with van der Waals surface area (Å²) in [5, 5.41) is 55.5. The first-order valence-electron chi connectivity index (χ1n) is 24.4. The number of carbonyl (C=O) groups is 11. The first-order valence-corrected chi connectivity index (χ1v) is 24.4. The zero-order chi connectivity index (χ0) is 56.4. The van der Waals surface area contributed by atoms with Gasteiger partial charge < -0.3 is 74.8 Å². The van der Waals surface area contributed by atoms with Gasteiger partial charge in [-0.2, -0.15) is 0 Å². The fourth-order valence-electron chi connectivity index (χ4n) is 7.25. The van der Waals surface area contributed by atoms with Crippen LogP contribution in [0.25, 0.3) is 0 Å². The van der Waals surface area contributed by atoms with E-state index in [9.17, 15) is 73.2 Å². The van der Waals surface area contributed by atoms with Crippen molar-refractivity contribution in [3.8, 4) is 5.75 Å². The van der Waals surface area contributed by atoms with Crippen LogP contribution in [0.4, 0.5) is 0 Å². The van der Waals surface area contributed by atoms with Crippen molar-refractivity contribution in [2.75, 3.05) is 6.54 Å². The number of aromatic hydroxyl groups is 1. The minimum absolute atomic E-state index is 0.0316. The van der Waals surface area contributed by atoms with Crippen molar-refractivity contribution in [2.45, 2.75) is 167 Å². The molecule has 17 N–H and O–H groups in total. The first kappa shape index (κ1) is 64.6. The molecule has 7 amide bonds. The molecule has 0 heterocycles. The molecule has 9 unspecified atom stereocenters. The van der Waals surface area contributed by atoms with Crippen LogP contribution in [0.2, 0.25) is 0 Å². The van der Waals surface area contributed by atoms with Gasteiger partial charge in [0.2, 0.25) is 41.4 Å². The molecule has 26 heteroatoms. The van der Waals surface area contributed by atoms with Crippen LogP contribution in [-0.4, -0.2) is 146 Å². The lowest BCUT2D eigenvalue weighted by molar-refractivity contribution is -0.140. The molecule has 26 nitrogen and oxygen atoms in total. The molecule has 0 aliphatic carbocycles. The third kappa shape index (κ3) is 24.8. The number of hydrogen-bond donors (Lipinski definition) is 14. The maximum Gasteiger partial charge on any atom is 0.303 e. The number of ketones is 1. The number of carboxylic acids is 3. The molecule has 0 radical (unpaired) electrons. The Bertz CT molecular complexity index is 2130. The van der Waals surface area contributed by atoms with Crippen LogP contribution in [0.15, 0.2) is 29.3 Å². The van der Waals surface area contributed by atoms with Gasteiger partial charge in [-0.15, -0.1) is 0 Å². The first-order chi connectivity index (χ1) is 34.6. The number of Topliss-reactive ketones (excluding diaryl/α,β-unsaturated/α-hetero) is 1. The summed E-state index contributed by atoms with van der Waals surface area (Å²) in [5.74, 6) is -12.5. The highest BCUT2D eigenvalue weighted by Crippen LogP contribution is 2.15. The second-order valence-electron chi connectivity index (χ2n) is 18.9. The van der Waals surface area contributed by atoms with E-state index >= 15 is 0 Å². The van der Waals surface area contributed by atoms with Crippen LogP contribution in [0.1, 0.15) is 118 Å². The van der Waals surface area contributed by atoms with E-state index in [2.05, 4.69) is 42.2 Å². The van der Waals surface area contributed by atoms with E-state index in [4.69, 9.17) is 17.2 Å². The van der Waals surface area contributed by atoms with E-state index in [0.717, 1.165) is 0 Å². The van der Waals surface area contributed by atoms with Gasteiger partial charge in [0.05, 0.1) is 12.1 Å². The number of carbonyl (C=O) groups excluding carboxylic acids is 8. The van der Waals surface area contributed by atoms with Crippen LogP contribution in [0.5, 0.6) is 5.75 Å². The fourth-order valence-corrected chi connectivity index (χ4v) is 7.25. The van der Waals surface area contributed by atoms with Gasteiger partial charge in [0.1, 0.15) is 42.0 Å². The standard InChI is InChI=1S/C48H77N11O15/c1-8-26(6)40(47(74)56-31(10-9-21-52-48(50)51)44(71)58-39(25(4)5)46(73)57-35(27(7)60)22-24(2)3)59-45(72)34(17-20-38(66)67)55-43(70)33(16-19-37(64)65)54-42(69)32(15-18-36(62)63)53-41(68)30(49)23-28-11-13-29(61)14-12-28/h11-14,24-26,30-35,39-40,61H,8-10,15-23,49H2,1-7H3,(H,53,68)(H,54,69)(H,55,70)(H,56,74)(H,57,73)(H,58,71)(H,59,72)(H,62,63)(H,64,65)(H,66,67)(H4,50,51,52). The molecule has 1 rings (SSSR count). The Hall–Kier alpha value is -7.38. The van der Waals surface area contributed by atoms with Crippen LogP contribution in [0.3, 0.4) is 0 Å². The second-order valence-corrected chi connectivity index (χ2v) is 18.9.